The Hall–Kier alpha value is -0.830. The Balaban J connectivity index is 1.81. The molecule has 0 amide bonds. The van der Waals surface area contributed by atoms with Crippen molar-refractivity contribution in [2.24, 2.45) is 0 Å². The molecule has 0 radical (unpaired) electrons. The summed E-state index contributed by atoms with van der Waals surface area (Å²) in [5, 5.41) is 7.91. The second-order valence-electron chi connectivity index (χ2n) is 4.35. The van der Waals surface area contributed by atoms with Crippen molar-refractivity contribution in [1.82, 2.24) is 15.1 Å². The Labute approximate surface area is 91.9 Å². The zero-order chi connectivity index (χ0) is 10.5. The van der Waals surface area contributed by atoms with Gasteiger partial charge in [-0.1, -0.05) is 19.3 Å². The summed E-state index contributed by atoms with van der Waals surface area (Å²) >= 11 is 0. The Bertz CT molecular complexity index is 287. The SMILES string of the molecule is CCn1nccc1CNC1CCCCC1. The lowest BCUT2D eigenvalue weighted by molar-refractivity contribution is 0.367. The van der Waals surface area contributed by atoms with E-state index in [-0.39, 0.29) is 0 Å². The van der Waals surface area contributed by atoms with Crippen molar-refractivity contribution in [3.05, 3.63) is 18.0 Å². The highest BCUT2D eigenvalue weighted by molar-refractivity contribution is 5.00. The van der Waals surface area contributed by atoms with Crippen LogP contribution in [0.2, 0.25) is 0 Å². The maximum absolute atomic E-state index is 4.28. The van der Waals surface area contributed by atoms with E-state index in [1.807, 2.05) is 6.20 Å². The molecule has 0 unspecified atom stereocenters. The summed E-state index contributed by atoms with van der Waals surface area (Å²) in [6.07, 6.45) is 8.79. The predicted octanol–water partition coefficient (Wildman–Crippen LogP) is 2.33. The number of rotatable bonds is 4. The minimum atomic E-state index is 0.735. The van der Waals surface area contributed by atoms with Gasteiger partial charge in [-0.3, -0.25) is 4.68 Å². The lowest BCUT2D eigenvalue weighted by Crippen LogP contribution is -2.31. The van der Waals surface area contributed by atoms with Crippen molar-refractivity contribution < 1.29 is 0 Å². The van der Waals surface area contributed by atoms with Gasteiger partial charge < -0.3 is 5.32 Å². The van der Waals surface area contributed by atoms with E-state index in [1.54, 1.807) is 0 Å². The fourth-order valence-corrected chi connectivity index (χ4v) is 2.35. The fourth-order valence-electron chi connectivity index (χ4n) is 2.35. The first kappa shape index (κ1) is 10.7. The molecule has 1 N–H and O–H groups in total. The van der Waals surface area contributed by atoms with E-state index in [2.05, 4.69) is 28.1 Å². The van der Waals surface area contributed by atoms with E-state index in [4.69, 9.17) is 0 Å². The molecule has 1 aromatic heterocycles. The maximum atomic E-state index is 4.28. The van der Waals surface area contributed by atoms with Crippen molar-refractivity contribution in [3.8, 4) is 0 Å². The minimum absolute atomic E-state index is 0.735. The Morgan fingerprint density at radius 3 is 2.93 bits per heavy atom. The van der Waals surface area contributed by atoms with Crippen LogP contribution < -0.4 is 5.32 Å². The van der Waals surface area contributed by atoms with Gasteiger partial charge in [0.05, 0.1) is 5.69 Å². The van der Waals surface area contributed by atoms with E-state index in [9.17, 15) is 0 Å². The molecular weight excluding hydrogens is 186 g/mol. The molecule has 3 nitrogen and oxygen atoms in total. The molecule has 1 fully saturated rings. The van der Waals surface area contributed by atoms with Gasteiger partial charge in [-0.05, 0) is 25.8 Å². The molecule has 0 spiro atoms. The highest BCUT2D eigenvalue weighted by Gasteiger charge is 2.12. The number of nitrogens with one attached hydrogen (secondary N) is 1. The number of nitrogens with zero attached hydrogens (tertiary/aromatic N) is 2. The standard InChI is InChI=1S/C12H21N3/c1-2-15-12(8-9-14-15)10-13-11-6-4-3-5-7-11/h8-9,11,13H,2-7,10H2,1H3. The van der Waals surface area contributed by atoms with Crippen LogP contribution in [0.5, 0.6) is 0 Å². The van der Waals surface area contributed by atoms with Crippen LogP contribution in [0, 0.1) is 0 Å². The van der Waals surface area contributed by atoms with Crippen LogP contribution in [0.1, 0.15) is 44.7 Å². The molecule has 0 atom stereocenters. The van der Waals surface area contributed by atoms with Gasteiger partial charge >= 0.3 is 0 Å². The van der Waals surface area contributed by atoms with Gasteiger partial charge in [-0.15, -0.1) is 0 Å². The molecule has 84 valence electrons. The van der Waals surface area contributed by atoms with Gasteiger partial charge in [0.2, 0.25) is 0 Å². The van der Waals surface area contributed by atoms with Crippen LogP contribution in [0.3, 0.4) is 0 Å². The topological polar surface area (TPSA) is 29.9 Å². The van der Waals surface area contributed by atoms with Gasteiger partial charge in [-0.25, -0.2) is 0 Å². The molecule has 0 bridgehead atoms. The number of hydrogen-bond acceptors (Lipinski definition) is 2. The zero-order valence-corrected chi connectivity index (χ0v) is 9.58. The Kier molecular flexibility index (Phi) is 3.78. The second kappa shape index (κ2) is 5.31. The van der Waals surface area contributed by atoms with Crippen LogP contribution in [0.4, 0.5) is 0 Å². The van der Waals surface area contributed by atoms with Crippen LogP contribution in [0.15, 0.2) is 12.3 Å². The molecule has 3 heteroatoms. The highest BCUT2D eigenvalue weighted by atomic mass is 15.3. The molecule has 15 heavy (non-hydrogen) atoms. The molecule has 1 aromatic rings. The van der Waals surface area contributed by atoms with Crippen molar-refractivity contribution in [2.75, 3.05) is 0 Å². The smallest absolute Gasteiger partial charge is 0.0522 e. The quantitative estimate of drug-likeness (QED) is 0.821. The van der Waals surface area contributed by atoms with E-state index in [0.717, 1.165) is 19.1 Å². The van der Waals surface area contributed by atoms with Crippen LogP contribution in [0.25, 0.3) is 0 Å². The summed E-state index contributed by atoms with van der Waals surface area (Å²) in [6, 6.07) is 2.85. The van der Waals surface area contributed by atoms with E-state index in [1.165, 1.54) is 37.8 Å². The molecule has 0 saturated heterocycles. The first-order valence-electron chi connectivity index (χ1n) is 6.14. The predicted molar refractivity (Wildman–Crippen MR) is 61.6 cm³/mol. The van der Waals surface area contributed by atoms with Crippen molar-refractivity contribution >= 4 is 0 Å². The largest absolute Gasteiger partial charge is 0.308 e. The summed E-state index contributed by atoms with van der Waals surface area (Å²) < 4.78 is 2.07. The summed E-state index contributed by atoms with van der Waals surface area (Å²) in [6.45, 7) is 4.07. The summed E-state index contributed by atoms with van der Waals surface area (Å²) in [7, 11) is 0. The lowest BCUT2D eigenvalue weighted by atomic mass is 9.95. The summed E-state index contributed by atoms with van der Waals surface area (Å²) in [4.78, 5) is 0. The molecule has 1 aliphatic carbocycles. The third-order valence-corrected chi connectivity index (χ3v) is 3.28. The van der Waals surface area contributed by atoms with Gasteiger partial charge in [-0.2, -0.15) is 5.10 Å². The molecule has 1 saturated carbocycles. The fraction of sp³-hybridized carbons (Fsp3) is 0.750. The van der Waals surface area contributed by atoms with Crippen molar-refractivity contribution in [3.63, 3.8) is 0 Å². The summed E-state index contributed by atoms with van der Waals surface area (Å²) in [5.41, 5.74) is 1.31. The first-order chi connectivity index (χ1) is 7.40. The van der Waals surface area contributed by atoms with Crippen LogP contribution in [-0.2, 0) is 13.1 Å². The monoisotopic (exact) mass is 207 g/mol. The Morgan fingerprint density at radius 2 is 2.20 bits per heavy atom. The zero-order valence-electron chi connectivity index (χ0n) is 9.58. The molecule has 0 aromatic carbocycles. The number of aryl methyl sites for hydroxylation is 1. The molecule has 0 aliphatic heterocycles. The molecular formula is C12H21N3. The van der Waals surface area contributed by atoms with Gasteiger partial charge in [0, 0.05) is 25.3 Å². The van der Waals surface area contributed by atoms with Crippen LogP contribution >= 0.6 is 0 Å². The van der Waals surface area contributed by atoms with Crippen molar-refractivity contribution in [2.45, 2.75) is 58.2 Å². The van der Waals surface area contributed by atoms with Crippen molar-refractivity contribution in [1.29, 1.82) is 0 Å². The average Bonchev–Trinajstić information content (AvgIpc) is 2.75. The maximum Gasteiger partial charge on any atom is 0.0522 e. The molecule has 1 aliphatic rings. The minimum Gasteiger partial charge on any atom is -0.308 e. The lowest BCUT2D eigenvalue weighted by Gasteiger charge is -2.22. The van der Waals surface area contributed by atoms with Crippen LogP contribution in [-0.4, -0.2) is 15.8 Å². The van der Waals surface area contributed by atoms with E-state index in [0.29, 0.717) is 0 Å². The van der Waals surface area contributed by atoms with E-state index >= 15 is 0 Å². The third-order valence-electron chi connectivity index (χ3n) is 3.28. The van der Waals surface area contributed by atoms with Gasteiger partial charge in [0.25, 0.3) is 0 Å². The summed E-state index contributed by atoms with van der Waals surface area (Å²) in [5.74, 6) is 0. The third kappa shape index (κ3) is 2.81. The first-order valence-corrected chi connectivity index (χ1v) is 6.14. The molecule has 1 heterocycles. The van der Waals surface area contributed by atoms with E-state index < -0.39 is 0 Å². The second-order valence-corrected chi connectivity index (χ2v) is 4.35. The van der Waals surface area contributed by atoms with Gasteiger partial charge in [0.15, 0.2) is 0 Å². The number of aromatic nitrogens is 2. The average molecular weight is 207 g/mol. The number of hydrogen-bond donors (Lipinski definition) is 1. The highest BCUT2D eigenvalue weighted by Crippen LogP contribution is 2.17. The Morgan fingerprint density at radius 1 is 1.40 bits per heavy atom. The van der Waals surface area contributed by atoms with Gasteiger partial charge in [0.1, 0.15) is 0 Å². The molecule has 2 rings (SSSR count). The normalized spacial score (nSPS) is 18.2.